The van der Waals surface area contributed by atoms with Crippen molar-refractivity contribution < 1.29 is 9.53 Å². The molecule has 2 aromatic carbocycles. The largest absolute Gasteiger partial charge is 0.481 e. The second-order valence-electron chi connectivity index (χ2n) is 6.05. The summed E-state index contributed by atoms with van der Waals surface area (Å²) >= 11 is 0. The Morgan fingerprint density at radius 3 is 2.44 bits per heavy atom. The number of benzene rings is 2. The second kappa shape index (κ2) is 6.76. The van der Waals surface area contributed by atoms with E-state index in [0.717, 1.165) is 21.9 Å². The molecule has 6 heteroatoms. The first-order valence-corrected chi connectivity index (χ1v) is 8.01. The van der Waals surface area contributed by atoms with Crippen LogP contribution >= 0.6 is 0 Å². The molecule has 6 nitrogen and oxygen atoms in total. The molecule has 3 rings (SSSR count). The Morgan fingerprint density at radius 2 is 1.76 bits per heavy atom. The highest BCUT2D eigenvalue weighted by Gasteiger charge is 2.15. The normalized spacial score (nSPS) is 12.6. The lowest BCUT2D eigenvalue weighted by Gasteiger charge is -2.12. The SMILES string of the molecule is Cc1cc(C)cc(O[C@H](C)C(=O)N=Nc2[nH]c(N)c3ccccc23)c1. The van der Waals surface area contributed by atoms with Crippen LogP contribution in [0.3, 0.4) is 0 Å². The summed E-state index contributed by atoms with van der Waals surface area (Å²) in [5.74, 6) is 1.14. The number of hydrogen-bond donors (Lipinski definition) is 2. The minimum atomic E-state index is -0.733. The molecule has 1 heterocycles. The summed E-state index contributed by atoms with van der Waals surface area (Å²) in [6.07, 6.45) is -0.733. The number of anilines is 1. The molecule has 0 saturated heterocycles. The minimum absolute atomic E-state index is 0.458. The van der Waals surface area contributed by atoms with Crippen LogP contribution in [-0.4, -0.2) is 17.0 Å². The van der Waals surface area contributed by atoms with Gasteiger partial charge in [-0.1, -0.05) is 30.3 Å². The maximum Gasteiger partial charge on any atom is 0.304 e. The number of amides is 1. The third kappa shape index (κ3) is 3.68. The summed E-state index contributed by atoms with van der Waals surface area (Å²) in [5.41, 5.74) is 8.05. The number of aromatic amines is 1. The molecule has 1 amide bonds. The van der Waals surface area contributed by atoms with Gasteiger partial charge >= 0.3 is 5.91 Å². The Bertz CT molecular complexity index is 939. The van der Waals surface area contributed by atoms with E-state index in [1.54, 1.807) is 6.92 Å². The predicted octanol–water partition coefficient (Wildman–Crippen LogP) is 4.44. The topological polar surface area (TPSA) is 92.8 Å². The number of azo groups is 1. The molecule has 0 unspecified atom stereocenters. The number of hydrogen-bond acceptors (Lipinski definition) is 4. The van der Waals surface area contributed by atoms with Crippen LogP contribution in [0.2, 0.25) is 0 Å². The molecule has 3 N–H and O–H groups in total. The smallest absolute Gasteiger partial charge is 0.304 e. The Hall–Kier alpha value is -3.15. The van der Waals surface area contributed by atoms with Gasteiger partial charge in [-0.2, -0.15) is 0 Å². The first-order valence-electron chi connectivity index (χ1n) is 8.01. The van der Waals surface area contributed by atoms with Crippen LogP contribution < -0.4 is 10.5 Å². The standard InChI is InChI=1S/C19H20N4O2/c1-11-8-12(2)10-14(9-11)25-13(3)19(24)23-22-18-16-7-5-4-6-15(16)17(20)21-18/h4-10,13,21H,20H2,1-3H3/t13-/m1/s1. The zero-order valence-electron chi connectivity index (χ0n) is 14.4. The number of nitrogens with two attached hydrogens (primary N) is 1. The number of aromatic nitrogens is 1. The van der Waals surface area contributed by atoms with Crippen molar-refractivity contribution in [3.05, 3.63) is 53.6 Å². The van der Waals surface area contributed by atoms with E-state index in [0.29, 0.717) is 17.4 Å². The molecular formula is C19H20N4O2. The van der Waals surface area contributed by atoms with Gasteiger partial charge in [-0.25, -0.2) is 0 Å². The van der Waals surface area contributed by atoms with Crippen LogP contribution in [-0.2, 0) is 4.79 Å². The highest BCUT2D eigenvalue weighted by atomic mass is 16.5. The maximum atomic E-state index is 12.2. The molecule has 0 bridgehead atoms. The zero-order chi connectivity index (χ0) is 18.0. The van der Waals surface area contributed by atoms with Crippen molar-refractivity contribution in [3.8, 4) is 5.75 Å². The predicted molar refractivity (Wildman–Crippen MR) is 98.2 cm³/mol. The number of nitrogen functional groups attached to an aromatic ring is 1. The molecule has 3 aromatic rings. The molecule has 128 valence electrons. The van der Waals surface area contributed by atoms with E-state index in [2.05, 4.69) is 15.2 Å². The highest BCUT2D eigenvalue weighted by Crippen LogP contribution is 2.30. The van der Waals surface area contributed by atoms with Crippen LogP contribution in [0.5, 0.6) is 5.75 Å². The molecule has 0 aliphatic carbocycles. The fourth-order valence-electron chi connectivity index (χ4n) is 2.70. The number of nitrogens with zero attached hydrogens (tertiary/aromatic N) is 2. The lowest BCUT2D eigenvalue weighted by atomic mass is 10.1. The van der Waals surface area contributed by atoms with E-state index in [9.17, 15) is 4.79 Å². The summed E-state index contributed by atoms with van der Waals surface area (Å²) in [5, 5.41) is 9.46. The van der Waals surface area contributed by atoms with Crippen molar-refractivity contribution in [3.63, 3.8) is 0 Å². The van der Waals surface area contributed by atoms with Crippen molar-refractivity contribution >= 4 is 28.3 Å². The Morgan fingerprint density at radius 1 is 1.12 bits per heavy atom. The van der Waals surface area contributed by atoms with E-state index in [4.69, 9.17) is 10.5 Å². The number of rotatable bonds is 4. The molecule has 0 fully saturated rings. The number of aryl methyl sites for hydroxylation is 2. The number of ether oxygens (including phenoxy) is 1. The Kier molecular flexibility index (Phi) is 4.52. The van der Waals surface area contributed by atoms with E-state index < -0.39 is 12.0 Å². The number of nitrogens with one attached hydrogen (secondary N) is 1. The molecule has 0 saturated carbocycles. The van der Waals surface area contributed by atoms with Gasteiger partial charge in [0.05, 0.1) is 0 Å². The molecule has 0 spiro atoms. The summed E-state index contributed by atoms with van der Waals surface area (Å²) in [4.78, 5) is 15.1. The Labute approximate surface area is 145 Å². The molecular weight excluding hydrogens is 316 g/mol. The zero-order valence-corrected chi connectivity index (χ0v) is 14.4. The van der Waals surface area contributed by atoms with Gasteiger partial charge in [-0.05, 0) is 44.0 Å². The Balaban J connectivity index is 1.75. The van der Waals surface area contributed by atoms with Crippen molar-refractivity contribution in [2.75, 3.05) is 5.73 Å². The number of H-pyrrole nitrogens is 1. The first kappa shape index (κ1) is 16.7. The molecule has 0 aliphatic heterocycles. The van der Waals surface area contributed by atoms with Gasteiger partial charge in [0.1, 0.15) is 11.6 Å². The van der Waals surface area contributed by atoms with Gasteiger partial charge in [-0.3, -0.25) is 4.79 Å². The van der Waals surface area contributed by atoms with Crippen molar-refractivity contribution in [1.29, 1.82) is 0 Å². The van der Waals surface area contributed by atoms with Gasteiger partial charge in [-0.15, -0.1) is 10.2 Å². The lowest BCUT2D eigenvalue weighted by Crippen LogP contribution is -2.21. The summed E-state index contributed by atoms with van der Waals surface area (Å²) in [7, 11) is 0. The number of carbonyl (C=O) groups is 1. The second-order valence-corrected chi connectivity index (χ2v) is 6.05. The van der Waals surface area contributed by atoms with Gasteiger partial charge in [0, 0.05) is 10.8 Å². The van der Waals surface area contributed by atoms with Crippen molar-refractivity contribution in [2.24, 2.45) is 10.2 Å². The third-order valence-electron chi connectivity index (χ3n) is 3.83. The number of fused-ring (bicyclic) bond motifs is 1. The molecule has 1 atom stereocenters. The van der Waals surface area contributed by atoms with Crippen LogP contribution in [0.25, 0.3) is 10.8 Å². The van der Waals surface area contributed by atoms with Gasteiger partial charge in [0.2, 0.25) is 0 Å². The van der Waals surface area contributed by atoms with E-state index in [1.165, 1.54) is 0 Å². The summed E-state index contributed by atoms with van der Waals surface area (Å²) in [6.45, 7) is 5.61. The highest BCUT2D eigenvalue weighted by molar-refractivity contribution is 5.99. The average Bonchev–Trinajstić information content (AvgIpc) is 2.88. The summed E-state index contributed by atoms with van der Waals surface area (Å²) in [6, 6.07) is 13.3. The molecule has 0 radical (unpaired) electrons. The van der Waals surface area contributed by atoms with Crippen LogP contribution in [0.15, 0.2) is 52.7 Å². The van der Waals surface area contributed by atoms with Gasteiger partial charge < -0.3 is 15.5 Å². The van der Waals surface area contributed by atoms with Gasteiger partial charge in [0.15, 0.2) is 11.9 Å². The third-order valence-corrected chi connectivity index (χ3v) is 3.83. The van der Waals surface area contributed by atoms with Crippen LogP contribution in [0.1, 0.15) is 18.1 Å². The number of carbonyl (C=O) groups excluding carboxylic acids is 1. The maximum absolute atomic E-state index is 12.2. The van der Waals surface area contributed by atoms with E-state index in [1.807, 2.05) is 56.3 Å². The fraction of sp³-hybridized carbons (Fsp3) is 0.211. The molecule has 0 aliphatic rings. The fourth-order valence-corrected chi connectivity index (χ4v) is 2.70. The average molecular weight is 336 g/mol. The monoisotopic (exact) mass is 336 g/mol. The van der Waals surface area contributed by atoms with Crippen molar-refractivity contribution in [2.45, 2.75) is 26.9 Å². The molecule has 25 heavy (non-hydrogen) atoms. The first-order chi connectivity index (χ1) is 11.9. The van der Waals surface area contributed by atoms with E-state index >= 15 is 0 Å². The van der Waals surface area contributed by atoms with Crippen LogP contribution in [0.4, 0.5) is 11.6 Å². The summed E-state index contributed by atoms with van der Waals surface area (Å²) < 4.78 is 5.68. The van der Waals surface area contributed by atoms with Gasteiger partial charge in [0.25, 0.3) is 0 Å². The molecule has 1 aromatic heterocycles. The van der Waals surface area contributed by atoms with Crippen LogP contribution in [0, 0.1) is 13.8 Å². The van der Waals surface area contributed by atoms with E-state index in [-0.39, 0.29) is 0 Å². The van der Waals surface area contributed by atoms with Crippen molar-refractivity contribution in [1.82, 2.24) is 4.98 Å². The lowest BCUT2D eigenvalue weighted by molar-refractivity contribution is -0.124. The quantitative estimate of drug-likeness (QED) is 0.690. The minimum Gasteiger partial charge on any atom is -0.481 e.